The van der Waals surface area contributed by atoms with Crippen LogP contribution in [0.5, 0.6) is 0 Å². The van der Waals surface area contributed by atoms with Gasteiger partial charge in [-0.25, -0.2) is 9.59 Å². The predicted molar refractivity (Wildman–Crippen MR) is 130 cm³/mol. The van der Waals surface area contributed by atoms with Gasteiger partial charge in [-0.2, -0.15) is 0 Å². The van der Waals surface area contributed by atoms with Gasteiger partial charge < -0.3 is 9.47 Å². The maximum atomic E-state index is 12.6. The van der Waals surface area contributed by atoms with E-state index in [2.05, 4.69) is 0 Å². The van der Waals surface area contributed by atoms with Crippen molar-refractivity contribution in [1.29, 1.82) is 0 Å². The lowest BCUT2D eigenvalue weighted by atomic mass is 9.89. The summed E-state index contributed by atoms with van der Waals surface area (Å²) >= 11 is 0. The van der Waals surface area contributed by atoms with Gasteiger partial charge in [0.15, 0.2) is 0 Å². The van der Waals surface area contributed by atoms with E-state index in [0.717, 1.165) is 33.4 Å². The van der Waals surface area contributed by atoms with E-state index in [0.29, 0.717) is 17.5 Å². The molecule has 0 fully saturated rings. The van der Waals surface area contributed by atoms with Crippen LogP contribution in [0.15, 0.2) is 24.3 Å². The van der Waals surface area contributed by atoms with E-state index in [-0.39, 0.29) is 13.2 Å². The quantitative estimate of drug-likeness (QED) is 0.290. The van der Waals surface area contributed by atoms with E-state index in [1.54, 1.807) is 45.0 Å². The molecule has 2 rings (SSSR count). The van der Waals surface area contributed by atoms with Gasteiger partial charge in [-0.15, -0.1) is 0 Å². The van der Waals surface area contributed by atoms with Crippen molar-refractivity contribution in [2.45, 2.75) is 61.8 Å². The van der Waals surface area contributed by atoms with Crippen LogP contribution >= 0.6 is 0 Å². The van der Waals surface area contributed by atoms with E-state index >= 15 is 0 Å². The van der Waals surface area contributed by atoms with Crippen molar-refractivity contribution in [3.05, 3.63) is 68.8 Å². The molecule has 0 saturated carbocycles. The highest BCUT2D eigenvalue weighted by Gasteiger charge is 2.31. The molecule has 0 aromatic heterocycles. The summed E-state index contributed by atoms with van der Waals surface area (Å²) in [5.74, 6) is -3.34. The van der Waals surface area contributed by atoms with E-state index in [9.17, 15) is 19.2 Å². The van der Waals surface area contributed by atoms with E-state index in [1.807, 2.05) is 34.6 Å². The van der Waals surface area contributed by atoms with Gasteiger partial charge in [0.05, 0.1) is 0 Å². The lowest BCUT2D eigenvalue weighted by Crippen LogP contribution is -2.34. The third-order valence-electron chi connectivity index (χ3n) is 6.93. The first-order chi connectivity index (χ1) is 15.8. The zero-order valence-electron chi connectivity index (χ0n) is 21.4. The molecule has 2 aromatic rings. The molecule has 0 radical (unpaired) electrons. The predicted octanol–water partition coefficient (Wildman–Crippen LogP) is 5.11. The van der Waals surface area contributed by atoms with Crippen LogP contribution in [-0.2, 0) is 19.1 Å². The number of hydrogen-bond donors (Lipinski definition) is 0. The summed E-state index contributed by atoms with van der Waals surface area (Å²) < 4.78 is 10.6. The Morgan fingerprint density at radius 3 is 1.32 bits per heavy atom. The number of esters is 2. The van der Waals surface area contributed by atoms with Crippen LogP contribution in [0.2, 0.25) is 0 Å². The molecule has 0 aliphatic heterocycles. The third-order valence-corrected chi connectivity index (χ3v) is 6.93. The summed E-state index contributed by atoms with van der Waals surface area (Å²) in [5.41, 5.74) is 5.34. The number of ether oxygens (including phenoxy) is 2. The van der Waals surface area contributed by atoms with E-state index < -0.39 is 28.9 Å². The highest BCUT2D eigenvalue weighted by Crippen LogP contribution is 2.24. The highest BCUT2D eigenvalue weighted by molar-refractivity contribution is 6.41. The van der Waals surface area contributed by atoms with Gasteiger partial charge in [-0.3, -0.25) is 9.59 Å². The van der Waals surface area contributed by atoms with Crippen LogP contribution in [0.4, 0.5) is 0 Å². The van der Waals surface area contributed by atoms with Crippen LogP contribution in [0.25, 0.3) is 0 Å². The molecule has 6 nitrogen and oxygen atoms in total. The Bertz CT molecular complexity index is 1060. The summed E-state index contributed by atoms with van der Waals surface area (Å²) in [4.78, 5) is 50.1. The van der Waals surface area contributed by atoms with Gasteiger partial charge in [0, 0.05) is 16.5 Å². The Kier molecular flexibility index (Phi) is 8.54. The minimum absolute atomic E-state index is 0.123. The van der Waals surface area contributed by atoms with Gasteiger partial charge in [-0.1, -0.05) is 38.1 Å². The van der Waals surface area contributed by atoms with Crippen LogP contribution in [-0.4, -0.2) is 36.7 Å². The fourth-order valence-corrected chi connectivity index (χ4v) is 3.48. The fraction of sp³-hybridized carbons (Fsp3) is 0.429. The molecular formula is C28H34O6. The molecule has 2 aromatic carbocycles. The normalized spacial score (nSPS) is 11.2. The van der Waals surface area contributed by atoms with Crippen LogP contribution in [0.1, 0.15) is 74.4 Å². The molecule has 0 bridgehead atoms. The molecule has 6 heteroatoms. The Morgan fingerprint density at radius 2 is 1.00 bits per heavy atom. The lowest BCUT2D eigenvalue weighted by Gasteiger charge is -2.26. The summed E-state index contributed by atoms with van der Waals surface area (Å²) in [6, 6.07) is 6.85. The van der Waals surface area contributed by atoms with Gasteiger partial charge in [0.1, 0.15) is 13.2 Å². The number of carbonyl (C=O) groups excluding carboxylic acids is 4. The molecule has 0 aliphatic carbocycles. The van der Waals surface area contributed by atoms with Gasteiger partial charge in [-0.05, 0) is 81.3 Å². The molecule has 0 atom stereocenters. The zero-order valence-corrected chi connectivity index (χ0v) is 21.4. The van der Waals surface area contributed by atoms with Crippen molar-refractivity contribution >= 4 is 23.5 Å². The van der Waals surface area contributed by atoms with Gasteiger partial charge >= 0.3 is 11.9 Å². The van der Waals surface area contributed by atoms with E-state index in [4.69, 9.17) is 9.47 Å². The Hall–Kier alpha value is -3.28. The topological polar surface area (TPSA) is 86.7 Å². The molecule has 34 heavy (non-hydrogen) atoms. The Labute approximate surface area is 201 Å². The van der Waals surface area contributed by atoms with Gasteiger partial charge in [0.25, 0.3) is 11.6 Å². The number of benzene rings is 2. The van der Waals surface area contributed by atoms with Crippen LogP contribution < -0.4 is 0 Å². The molecule has 0 heterocycles. The second-order valence-corrected chi connectivity index (χ2v) is 9.33. The third kappa shape index (κ3) is 5.79. The Morgan fingerprint density at radius 1 is 0.647 bits per heavy atom. The molecule has 0 unspecified atom stereocenters. The number of ketones is 2. The Balaban J connectivity index is 2.03. The standard InChI is InChI=1S/C28H34O6/c1-9-28(8,14-33-26(31)24(29)22-12-10-16(2)18(4)20(22)6)15-34-27(32)25(30)23-13-11-17(3)19(5)21(23)7/h10-13H,9,14-15H2,1-8H3. The fourth-order valence-electron chi connectivity index (χ4n) is 3.48. The molecule has 0 spiro atoms. The number of aryl methyl sites for hydroxylation is 2. The van der Waals surface area contributed by atoms with Crippen molar-refractivity contribution in [1.82, 2.24) is 0 Å². The largest absolute Gasteiger partial charge is 0.459 e. The zero-order chi connectivity index (χ0) is 25.8. The lowest BCUT2D eigenvalue weighted by molar-refractivity contribution is -0.147. The summed E-state index contributed by atoms with van der Waals surface area (Å²) in [7, 11) is 0. The van der Waals surface area contributed by atoms with Crippen LogP contribution in [0.3, 0.4) is 0 Å². The van der Waals surface area contributed by atoms with Crippen molar-refractivity contribution in [3.8, 4) is 0 Å². The average Bonchev–Trinajstić information content (AvgIpc) is 2.82. The van der Waals surface area contributed by atoms with Crippen molar-refractivity contribution in [3.63, 3.8) is 0 Å². The van der Waals surface area contributed by atoms with Crippen molar-refractivity contribution < 1.29 is 28.7 Å². The van der Waals surface area contributed by atoms with Crippen LogP contribution in [0, 0.1) is 47.0 Å². The average molecular weight is 467 g/mol. The van der Waals surface area contributed by atoms with E-state index in [1.165, 1.54) is 0 Å². The second kappa shape index (κ2) is 10.8. The molecule has 0 amide bonds. The summed E-state index contributed by atoms with van der Waals surface area (Å²) in [6.45, 7) is 14.6. The number of rotatable bonds is 9. The van der Waals surface area contributed by atoms with Crippen molar-refractivity contribution in [2.24, 2.45) is 5.41 Å². The SMILES string of the molecule is CCC(C)(COC(=O)C(=O)c1ccc(C)c(C)c1C)COC(=O)C(=O)c1ccc(C)c(C)c1C. The number of hydrogen-bond acceptors (Lipinski definition) is 6. The van der Waals surface area contributed by atoms with Crippen molar-refractivity contribution in [2.75, 3.05) is 13.2 Å². The molecule has 182 valence electrons. The highest BCUT2D eigenvalue weighted by atomic mass is 16.6. The molecule has 0 aliphatic rings. The monoisotopic (exact) mass is 466 g/mol. The number of carbonyl (C=O) groups is 4. The second-order valence-electron chi connectivity index (χ2n) is 9.33. The first kappa shape index (κ1) is 27.0. The first-order valence-electron chi connectivity index (χ1n) is 11.4. The summed E-state index contributed by atoms with van der Waals surface area (Å²) in [5, 5.41) is 0. The maximum Gasteiger partial charge on any atom is 0.379 e. The van der Waals surface area contributed by atoms with Gasteiger partial charge in [0.2, 0.25) is 0 Å². The smallest absolute Gasteiger partial charge is 0.379 e. The molecule has 0 saturated heterocycles. The minimum Gasteiger partial charge on any atom is -0.459 e. The summed E-state index contributed by atoms with van der Waals surface area (Å²) in [6.07, 6.45) is 0.501. The molecule has 0 N–H and O–H groups in total. The minimum atomic E-state index is -0.959. The molecular weight excluding hydrogens is 432 g/mol. The maximum absolute atomic E-state index is 12.6. The number of Topliss-reactive ketones (excluding diaryl/α,β-unsaturated/α-hetero) is 2. The first-order valence-corrected chi connectivity index (χ1v) is 11.4.